The molecule has 0 saturated carbocycles. The first-order valence-electron chi connectivity index (χ1n) is 9.94. The van der Waals surface area contributed by atoms with Crippen LogP contribution >= 0.6 is 0 Å². The summed E-state index contributed by atoms with van der Waals surface area (Å²) < 4.78 is 5.08. The van der Waals surface area contributed by atoms with Crippen LogP contribution in [-0.2, 0) is 26.3 Å². The molecule has 160 valence electrons. The van der Waals surface area contributed by atoms with Gasteiger partial charge in [0.25, 0.3) is 11.8 Å². The SMILES string of the molecule is C[C@H](NC(=O)c1ccc(C(C)(C)C)cc1)C(=O)OCC(=O)N(C)Cc1ccccc1. The van der Waals surface area contributed by atoms with Gasteiger partial charge in [-0.1, -0.05) is 63.2 Å². The lowest BCUT2D eigenvalue weighted by Crippen LogP contribution is -2.41. The maximum Gasteiger partial charge on any atom is 0.328 e. The largest absolute Gasteiger partial charge is 0.454 e. The molecule has 1 atom stereocenters. The zero-order chi connectivity index (χ0) is 22.3. The summed E-state index contributed by atoms with van der Waals surface area (Å²) in [5, 5.41) is 2.61. The fourth-order valence-electron chi connectivity index (χ4n) is 2.77. The van der Waals surface area contributed by atoms with Crippen LogP contribution in [0.1, 0.15) is 49.2 Å². The molecule has 6 heteroatoms. The number of nitrogens with zero attached hydrogens (tertiary/aromatic N) is 1. The average Bonchev–Trinajstić information content (AvgIpc) is 2.71. The van der Waals surface area contributed by atoms with Gasteiger partial charge in [0.05, 0.1) is 0 Å². The van der Waals surface area contributed by atoms with Crippen molar-refractivity contribution >= 4 is 17.8 Å². The van der Waals surface area contributed by atoms with Gasteiger partial charge in [0.1, 0.15) is 6.04 Å². The molecule has 0 fully saturated rings. The fraction of sp³-hybridized carbons (Fsp3) is 0.375. The van der Waals surface area contributed by atoms with E-state index in [-0.39, 0.29) is 23.8 Å². The lowest BCUT2D eigenvalue weighted by molar-refractivity contribution is -0.153. The first-order chi connectivity index (χ1) is 14.1. The first kappa shape index (κ1) is 23.1. The number of likely N-dealkylation sites (N-methyl/N-ethyl adjacent to an activating group) is 1. The topological polar surface area (TPSA) is 75.7 Å². The molecule has 0 aliphatic heterocycles. The van der Waals surface area contributed by atoms with Gasteiger partial charge in [-0.05, 0) is 35.6 Å². The Morgan fingerprint density at radius 1 is 1.00 bits per heavy atom. The third kappa shape index (κ3) is 6.72. The number of nitrogens with one attached hydrogen (secondary N) is 1. The highest BCUT2D eigenvalue weighted by molar-refractivity contribution is 5.96. The predicted octanol–water partition coefficient (Wildman–Crippen LogP) is 3.30. The minimum Gasteiger partial charge on any atom is -0.454 e. The number of benzene rings is 2. The van der Waals surface area contributed by atoms with E-state index in [1.54, 1.807) is 19.2 Å². The lowest BCUT2D eigenvalue weighted by atomic mass is 9.86. The fourth-order valence-corrected chi connectivity index (χ4v) is 2.77. The van der Waals surface area contributed by atoms with E-state index in [2.05, 4.69) is 26.1 Å². The van der Waals surface area contributed by atoms with Gasteiger partial charge in [-0.2, -0.15) is 0 Å². The van der Waals surface area contributed by atoms with Gasteiger partial charge in [0.15, 0.2) is 6.61 Å². The maximum atomic E-state index is 12.4. The van der Waals surface area contributed by atoms with Gasteiger partial charge in [0.2, 0.25) is 0 Å². The predicted molar refractivity (Wildman–Crippen MR) is 116 cm³/mol. The Morgan fingerprint density at radius 2 is 1.60 bits per heavy atom. The lowest BCUT2D eigenvalue weighted by Gasteiger charge is -2.19. The molecule has 0 radical (unpaired) electrons. The Balaban J connectivity index is 1.82. The molecule has 0 aliphatic carbocycles. The molecule has 1 N–H and O–H groups in total. The maximum absolute atomic E-state index is 12.4. The van der Waals surface area contributed by atoms with E-state index in [0.717, 1.165) is 11.1 Å². The molecule has 2 amide bonds. The Kier molecular flexibility index (Phi) is 7.75. The van der Waals surface area contributed by atoms with E-state index < -0.39 is 12.0 Å². The van der Waals surface area contributed by atoms with E-state index in [1.807, 2.05) is 42.5 Å². The molecule has 2 aromatic rings. The van der Waals surface area contributed by atoms with Crippen LogP contribution in [0, 0.1) is 0 Å². The molecule has 0 saturated heterocycles. The minimum absolute atomic E-state index is 0.00763. The Labute approximate surface area is 178 Å². The summed E-state index contributed by atoms with van der Waals surface area (Å²) >= 11 is 0. The highest BCUT2D eigenvalue weighted by Gasteiger charge is 2.21. The number of hydrogen-bond donors (Lipinski definition) is 1. The number of hydrogen-bond acceptors (Lipinski definition) is 4. The molecular formula is C24H30N2O4. The van der Waals surface area contributed by atoms with Gasteiger partial charge in [-0.25, -0.2) is 4.79 Å². The smallest absolute Gasteiger partial charge is 0.328 e. The summed E-state index contributed by atoms with van der Waals surface area (Å²) in [6, 6.07) is 15.9. The minimum atomic E-state index is -0.868. The van der Waals surface area contributed by atoms with Gasteiger partial charge < -0.3 is 15.0 Å². The Hall–Kier alpha value is -3.15. The van der Waals surface area contributed by atoms with E-state index in [4.69, 9.17) is 4.74 Å². The van der Waals surface area contributed by atoms with Crippen LogP contribution in [-0.4, -0.2) is 42.4 Å². The van der Waals surface area contributed by atoms with Gasteiger partial charge in [-0.3, -0.25) is 9.59 Å². The van der Waals surface area contributed by atoms with Crippen LogP contribution < -0.4 is 5.32 Å². The van der Waals surface area contributed by atoms with Crippen molar-refractivity contribution in [1.29, 1.82) is 0 Å². The number of esters is 1. The van der Waals surface area contributed by atoms with Crippen LogP contribution in [0.5, 0.6) is 0 Å². The molecular weight excluding hydrogens is 380 g/mol. The van der Waals surface area contributed by atoms with E-state index in [0.29, 0.717) is 12.1 Å². The van der Waals surface area contributed by atoms with Crippen LogP contribution in [0.2, 0.25) is 0 Å². The molecule has 30 heavy (non-hydrogen) atoms. The molecule has 0 bridgehead atoms. The summed E-state index contributed by atoms with van der Waals surface area (Å²) in [7, 11) is 1.65. The Bertz CT molecular complexity index is 870. The van der Waals surface area contributed by atoms with Crippen molar-refractivity contribution in [2.45, 2.75) is 45.7 Å². The van der Waals surface area contributed by atoms with Crippen molar-refractivity contribution < 1.29 is 19.1 Å². The molecule has 2 aromatic carbocycles. The quantitative estimate of drug-likeness (QED) is 0.711. The first-order valence-corrected chi connectivity index (χ1v) is 9.94. The second-order valence-electron chi connectivity index (χ2n) is 8.37. The van der Waals surface area contributed by atoms with E-state index >= 15 is 0 Å². The zero-order valence-corrected chi connectivity index (χ0v) is 18.3. The van der Waals surface area contributed by atoms with Crippen molar-refractivity contribution in [2.75, 3.05) is 13.7 Å². The van der Waals surface area contributed by atoms with E-state index in [9.17, 15) is 14.4 Å². The third-order valence-electron chi connectivity index (χ3n) is 4.74. The number of amides is 2. The highest BCUT2D eigenvalue weighted by atomic mass is 16.5. The summed E-state index contributed by atoms with van der Waals surface area (Å²) in [6.45, 7) is 7.87. The summed E-state index contributed by atoms with van der Waals surface area (Å²) in [6.07, 6.45) is 0. The molecule has 2 rings (SSSR count). The molecule has 0 heterocycles. The molecule has 0 aliphatic rings. The monoisotopic (exact) mass is 410 g/mol. The van der Waals surface area contributed by atoms with Crippen LogP contribution in [0.15, 0.2) is 54.6 Å². The van der Waals surface area contributed by atoms with Crippen molar-refractivity contribution in [3.63, 3.8) is 0 Å². The highest BCUT2D eigenvalue weighted by Crippen LogP contribution is 2.22. The third-order valence-corrected chi connectivity index (χ3v) is 4.74. The van der Waals surface area contributed by atoms with Crippen molar-refractivity contribution in [2.24, 2.45) is 0 Å². The summed E-state index contributed by atoms with van der Waals surface area (Å²) in [4.78, 5) is 38.2. The standard InChI is InChI=1S/C24H30N2O4/c1-17(25-22(28)19-11-13-20(14-12-19)24(2,3)4)23(29)30-16-21(27)26(5)15-18-9-7-6-8-10-18/h6-14,17H,15-16H2,1-5H3,(H,25,28)/t17-/m0/s1. The van der Waals surface area contributed by atoms with Gasteiger partial charge in [-0.15, -0.1) is 0 Å². The van der Waals surface area contributed by atoms with Crippen LogP contribution in [0.25, 0.3) is 0 Å². The van der Waals surface area contributed by atoms with Gasteiger partial charge in [0, 0.05) is 19.2 Å². The van der Waals surface area contributed by atoms with Crippen molar-refractivity contribution in [1.82, 2.24) is 10.2 Å². The second kappa shape index (κ2) is 10.1. The molecule has 0 aromatic heterocycles. The number of ether oxygens (including phenoxy) is 1. The normalized spacial score (nSPS) is 12.0. The Morgan fingerprint density at radius 3 is 2.17 bits per heavy atom. The summed E-state index contributed by atoms with van der Waals surface area (Å²) in [5.74, 6) is -1.34. The molecule has 6 nitrogen and oxygen atoms in total. The number of carbonyl (C=O) groups is 3. The number of rotatable bonds is 7. The number of carbonyl (C=O) groups excluding carboxylic acids is 3. The van der Waals surface area contributed by atoms with Crippen LogP contribution in [0.4, 0.5) is 0 Å². The van der Waals surface area contributed by atoms with Crippen molar-refractivity contribution in [3.05, 3.63) is 71.3 Å². The van der Waals surface area contributed by atoms with Crippen LogP contribution in [0.3, 0.4) is 0 Å². The molecule has 0 unspecified atom stereocenters. The van der Waals surface area contributed by atoms with Crippen molar-refractivity contribution in [3.8, 4) is 0 Å². The molecule has 0 spiro atoms. The summed E-state index contributed by atoms with van der Waals surface area (Å²) in [5.41, 5.74) is 2.55. The second-order valence-corrected chi connectivity index (χ2v) is 8.37. The zero-order valence-electron chi connectivity index (χ0n) is 18.3. The van der Waals surface area contributed by atoms with E-state index in [1.165, 1.54) is 11.8 Å². The average molecular weight is 411 g/mol. The van der Waals surface area contributed by atoms with Gasteiger partial charge >= 0.3 is 5.97 Å².